The van der Waals surface area contributed by atoms with Crippen LogP contribution in [0.25, 0.3) is 10.9 Å². The van der Waals surface area contributed by atoms with Gasteiger partial charge < -0.3 is 5.32 Å². The molecule has 4 aromatic rings. The fourth-order valence-corrected chi connectivity index (χ4v) is 8.77. The van der Waals surface area contributed by atoms with Gasteiger partial charge in [-0.05, 0) is 80.1 Å². The average Bonchev–Trinajstić information content (AvgIpc) is 3.45. The Morgan fingerprint density at radius 1 is 0.942 bits per heavy atom. The lowest BCUT2D eigenvalue weighted by Crippen LogP contribution is -2.49. The first-order valence-electron chi connectivity index (χ1n) is 17.1. The van der Waals surface area contributed by atoms with Gasteiger partial charge in [-0.3, -0.25) is 24.6 Å². The molecule has 0 spiro atoms. The lowest BCUT2D eigenvalue weighted by Gasteiger charge is -2.33. The molecule has 7 rings (SSSR count). The highest BCUT2D eigenvalue weighted by Crippen LogP contribution is 2.35. The standard InChI is InChI=1S/C34H37ClF3N9O4S/c35-25-18-39-32(40-19-25)41-26-8-13-45(14-9-26)52(50,51)27-3-1-2-22(16-27)20-44-11-6-23(7-12-44)24-4-5-28-29(17-24)47(21-34(36,37)38)43-31(28)46-15-10-30(48)42-33(46)49/h1-5,16-19,23,26H,6-15,20-21H2,(H,39,40,41)(H,42,48,49). The Hall–Kier alpha value is -4.32. The van der Waals surface area contributed by atoms with Crippen molar-refractivity contribution in [2.75, 3.05) is 42.9 Å². The van der Waals surface area contributed by atoms with Crippen molar-refractivity contribution in [3.63, 3.8) is 0 Å². The van der Waals surface area contributed by atoms with Gasteiger partial charge in [-0.25, -0.2) is 23.2 Å². The topological polar surface area (TPSA) is 146 Å². The van der Waals surface area contributed by atoms with Crippen molar-refractivity contribution in [1.29, 1.82) is 0 Å². The molecular weight excluding hydrogens is 723 g/mol. The van der Waals surface area contributed by atoms with Gasteiger partial charge in [-0.1, -0.05) is 29.8 Å². The maximum Gasteiger partial charge on any atom is 0.408 e. The summed E-state index contributed by atoms with van der Waals surface area (Å²) >= 11 is 5.86. The fraction of sp³-hybridized carbons (Fsp3) is 0.441. The fourth-order valence-electron chi connectivity index (χ4n) is 7.13. The molecule has 52 heavy (non-hydrogen) atoms. The van der Waals surface area contributed by atoms with E-state index in [9.17, 15) is 31.2 Å². The van der Waals surface area contributed by atoms with E-state index in [0.29, 0.717) is 61.9 Å². The van der Waals surface area contributed by atoms with Crippen LogP contribution in [0, 0.1) is 0 Å². The molecule has 2 aromatic heterocycles. The van der Waals surface area contributed by atoms with Crippen LogP contribution in [-0.2, 0) is 27.9 Å². The third-order valence-corrected chi connectivity index (χ3v) is 11.9. The molecular formula is C34H37ClF3N9O4S. The van der Waals surface area contributed by atoms with E-state index in [1.54, 1.807) is 30.3 Å². The molecule has 0 atom stereocenters. The third kappa shape index (κ3) is 8.01. The van der Waals surface area contributed by atoms with Crippen LogP contribution in [0.2, 0.25) is 5.02 Å². The molecule has 5 heterocycles. The smallest absolute Gasteiger partial charge is 0.351 e. The number of urea groups is 1. The number of nitrogens with one attached hydrogen (secondary N) is 2. The molecule has 3 amide bonds. The Kier molecular flexibility index (Phi) is 10.1. The summed E-state index contributed by atoms with van der Waals surface area (Å²) in [6, 6.07) is 11.7. The molecule has 13 nitrogen and oxygen atoms in total. The summed E-state index contributed by atoms with van der Waals surface area (Å²) in [4.78, 5) is 36.2. The summed E-state index contributed by atoms with van der Waals surface area (Å²) in [5.74, 6) is 0.180. The van der Waals surface area contributed by atoms with E-state index in [4.69, 9.17) is 11.6 Å². The summed E-state index contributed by atoms with van der Waals surface area (Å²) in [5, 5.41) is 10.5. The van der Waals surface area contributed by atoms with Crippen LogP contribution in [0.4, 0.5) is 29.7 Å². The highest BCUT2D eigenvalue weighted by Gasteiger charge is 2.34. The number of imide groups is 1. The number of nitrogens with zero attached hydrogens (tertiary/aromatic N) is 7. The maximum absolute atomic E-state index is 13.6. The molecule has 0 unspecified atom stereocenters. The number of halogens is 4. The zero-order valence-electron chi connectivity index (χ0n) is 28.0. The van der Waals surface area contributed by atoms with Crippen molar-refractivity contribution >= 4 is 56.2 Å². The first-order valence-corrected chi connectivity index (χ1v) is 18.9. The minimum atomic E-state index is -4.53. The van der Waals surface area contributed by atoms with Crippen molar-refractivity contribution in [2.24, 2.45) is 0 Å². The molecule has 3 saturated heterocycles. The quantitative estimate of drug-likeness (QED) is 0.237. The van der Waals surface area contributed by atoms with Gasteiger partial charge in [0.1, 0.15) is 6.54 Å². The Morgan fingerprint density at radius 2 is 1.67 bits per heavy atom. The van der Waals surface area contributed by atoms with Crippen molar-refractivity contribution in [2.45, 2.75) is 68.2 Å². The van der Waals surface area contributed by atoms with Crippen LogP contribution in [0.5, 0.6) is 0 Å². The van der Waals surface area contributed by atoms with Crippen LogP contribution < -0.4 is 15.5 Å². The summed E-state index contributed by atoms with van der Waals surface area (Å²) < 4.78 is 70.2. The lowest BCUT2D eigenvalue weighted by molar-refractivity contribution is -0.141. The highest BCUT2D eigenvalue weighted by molar-refractivity contribution is 7.89. The number of piperidine rings is 2. The molecule has 2 N–H and O–H groups in total. The van der Waals surface area contributed by atoms with Gasteiger partial charge >= 0.3 is 12.2 Å². The number of anilines is 2. The second-order valence-electron chi connectivity index (χ2n) is 13.4. The van der Waals surface area contributed by atoms with Gasteiger partial charge in [-0.2, -0.15) is 22.6 Å². The Morgan fingerprint density at radius 3 is 2.37 bits per heavy atom. The summed E-state index contributed by atoms with van der Waals surface area (Å²) in [6.07, 6.45) is 1.23. The van der Waals surface area contributed by atoms with E-state index in [-0.39, 0.29) is 41.2 Å². The number of likely N-dealkylation sites (tertiary alicyclic amines) is 1. The number of rotatable bonds is 9. The molecule has 0 aliphatic carbocycles. The van der Waals surface area contributed by atoms with Gasteiger partial charge in [-0.15, -0.1) is 0 Å². The van der Waals surface area contributed by atoms with Crippen molar-refractivity contribution in [3.8, 4) is 0 Å². The molecule has 18 heteroatoms. The molecule has 276 valence electrons. The zero-order valence-corrected chi connectivity index (χ0v) is 29.6. The van der Waals surface area contributed by atoms with E-state index in [1.165, 1.54) is 21.6 Å². The van der Waals surface area contributed by atoms with Crippen LogP contribution in [0.1, 0.15) is 49.1 Å². The van der Waals surface area contributed by atoms with E-state index in [0.717, 1.165) is 28.7 Å². The SMILES string of the molecule is O=C1CCN(c2nn(CC(F)(F)F)c3cc(C4CCN(Cc5cccc(S(=O)(=O)N6CCC(Nc7ncc(Cl)cn7)CC6)c5)CC4)ccc23)C(=O)N1. The monoisotopic (exact) mass is 759 g/mol. The third-order valence-electron chi connectivity index (χ3n) is 9.80. The Bertz CT molecular complexity index is 2060. The summed E-state index contributed by atoms with van der Waals surface area (Å²) in [7, 11) is -3.70. The molecule has 0 bridgehead atoms. The van der Waals surface area contributed by atoms with Gasteiger partial charge in [0.15, 0.2) is 5.82 Å². The number of carbonyl (C=O) groups excluding carboxylic acids is 2. The first kappa shape index (κ1) is 36.1. The second-order valence-corrected chi connectivity index (χ2v) is 15.7. The molecule has 3 aliphatic heterocycles. The number of benzene rings is 2. The highest BCUT2D eigenvalue weighted by atomic mass is 35.5. The van der Waals surface area contributed by atoms with E-state index >= 15 is 0 Å². The minimum absolute atomic E-state index is 0.0236. The van der Waals surface area contributed by atoms with E-state index in [2.05, 4.69) is 30.6 Å². The first-order chi connectivity index (χ1) is 24.8. The molecule has 0 saturated carbocycles. The lowest BCUT2D eigenvalue weighted by atomic mass is 9.89. The second kappa shape index (κ2) is 14.6. The Labute approximate surface area is 303 Å². The van der Waals surface area contributed by atoms with Gasteiger partial charge in [0, 0.05) is 44.0 Å². The average molecular weight is 760 g/mol. The maximum atomic E-state index is 13.6. The normalized spacial score (nSPS) is 19.0. The van der Waals surface area contributed by atoms with Crippen molar-refractivity contribution in [1.82, 2.24) is 34.3 Å². The number of hydrogen-bond donors (Lipinski definition) is 2. The number of amides is 3. The number of sulfonamides is 1. The van der Waals surface area contributed by atoms with E-state index in [1.807, 2.05) is 12.1 Å². The predicted molar refractivity (Wildman–Crippen MR) is 187 cm³/mol. The van der Waals surface area contributed by atoms with Gasteiger partial charge in [0.25, 0.3) is 0 Å². The Balaban J connectivity index is 0.981. The molecule has 2 aromatic carbocycles. The number of alkyl halides is 3. The molecule has 0 radical (unpaired) electrons. The molecule has 3 fully saturated rings. The van der Waals surface area contributed by atoms with Crippen molar-refractivity contribution in [3.05, 3.63) is 71.0 Å². The number of carbonyl (C=O) groups is 2. The van der Waals surface area contributed by atoms with Crippen LogP contribution in [-0.4, -0.2) is 94.3 Å². The molecule has 3 aliphatic rings. The van der Waals surface area contributed by atoms with Crippen LogP contribution >= 0.6 is 11.6 Å². The summed E-state index contributed by atoms with van der Waals surface area (Å²) in [6.45, 7) is 1.43. The predicted octanol–water partition coefficient (Wildman–Crippen LogP) is 5.13. The van der Waals surface area contributed by atoms with Crippen LogP contribution in [0.3, 0.4) is 0 Å². The number of hydrogen-bond acceptors (Lipinski definition) is 9. The summed E-state index contributed by atoms with van der Waals surface area (Å²) in [5.41, 5.74) is 2.03. The number of aromatic nitrogens is 4. The van der Waals surface area contributed by atoms with E-state index < -0.39 is 34.7 Å². The largest absolute Gasteiger partial charge is 0.408 e. The van der Waals surface area contributed by atoms with Crippen LogP contribution in [0.15, 0.2) is 59.8 Å². The minimum Gasteiger partial charge on any atom is -0.351 e. The number of fused-ring (bicyclic) bond motifs is 1. The van der Waals surface area contributed by atoms with Gasteiger partial charge in [0.05, 0.1) is 27.8 Å². The van der Waals surface area contributed by atoms with Crippen molar-refractivity contribution < 1.29 is 31.2 Å². The van der Waals surface area contributed by atoms with Gasteiger partial charge in [0.2, 0.25) is 21.9 Å². The zero-order chi connectivity index (χ0) is 36.6.